The fourth-order valence-electron chi connectivity index (χ4n) is 3.05. The number of nitrogens with zero attached hydrogens (tertiary/aromatic N) is 1. The van der Waals surface area contributed by atoms with Crippen LogP contribution in [-0.4, -0.2) is 47.4 Å². The number of rotatable bonds is 5. The van der Waals surface area contributed by atoms with Crippen LogP contribution in [0.1, 0.15) is 55.1 Å². The van der Waals surface area contributed by atoms with Gasteiger partial charge < -0.3 is 15.0 Å². The van der Waals surface area contributed by atoms with E-state index in [9.17, 15) is 14.4 Å². The second kappa shape index (κ2) is 7.89. The molecule has 1 atom stereocenters. The third-order valence-electron chi connectivity index (χ3n) is 4.33. The van der Waals surface area contributed by atoms with E-state index in [0.717, 1.165) is 11.1 Å². The van der Waals surface area contributed by atoms with E-state index in [1.807, 2.05) is 52.8 Å². The van der Waals surface area contributed by atoms with Crippen molar-refractivity contribution in [2.45, 2.75) is 59.0 Å². The molecule has 0 saturated carbocycles. The van der Waals surface area contributed by atoms with E-state index in [1.165, 1.54) is 4.90 Å². The Morgan fingerprint density at radius 3 is 2.62 bits per heavy atom. The number of Topliss-reactive ketones (excluding diaryl/α,β-unsaturated/α-hetero) is 1. The molecule has 2 rings (SSSR count). The predicted molar refractivity (Wildman–Crippen MR) is 99.2 cm³/mol. The Morgan fingerprint density at radius 1 is 1.27 bits per heavy atom. The van der Waals surface area contributed by atoms with Gasteiger partial charge in [0.2, 0.25) is 5.91 Å². The molecule has 1 fully saturated rings. The van der Waals surface area contributed by atoms with Gasteiger partial charge in [0.25, 0.3) is 0 Å². The molecule has 0 aliphatic carbocycles. The Balaban J connectivity index is 2.01. The van der Waals surface area contributed by atoms with Crippen molar-refractivity contribution < 1.29 is 19.1 Å². The third-order valence-corrected chi connectivity index (χ3v) is 4.33. The van der Waals surface area contributed by atoms with Gasteiger partial charge >= 0.3 is 6.09 Å². The van der Waals surface area contributed by atoms with Crippen LogP contribution in [-0.2, 0) is 9.53 Å². The highest BCUT2D eigenvalue weighted by atomic mass is 16.5. The summed E-state index contributed by atoms with van der Waals surface area (Å²) >= 11 is 0. The maximum Gasteiger partial charge on any atom is 0.407 e. The van der Waals surface area contributed by atoms with E-state index in [0.29, 0.717) is 18.4 Å². The van der Waals surface area contributed by atoms with Crippen molar-refractivity contribution in [1.29, 1.82) is 0 Å². The number of hydrogen-bond acceptors (Lipinski definition) is 4. The summed E-state index contributed by atoms with van der Waals surface area (Å²) in [6, 6.07) is 5.26. The van der Waals surface area contributed by atoms with Gasteiger partial charge in [-0.1, -0.05) is 17.7 Å². The molecule has 1 aliphatic rings. The number of aryl methyl sites for hydroxylation is 2. The smallest absolute Gasteiger partial charge is 0.407 e. The van der Waals surface area contributed by atoms with Crippen molar-refractivity contribution in [1.82, 2.24) is 10.2 Å². The summed E-state index contributed by atoms with van der Waals surface area (Å²) in [4.78, 5) is 38.4. The number of alkyl carbamates (subject to hydrolysis) is 1. The van der Waals surface area contributed by atoms with Crippen LogP contribution in [0.5, 0.6) is 0 Å². The van der Waals surface area contributed by atoms with Gasteiger partial charge in [-0.3, -0.25) is 9.59 Å². The van der Waals surface area contributed by atoms with Crippen molar-refractivity contribution >= 4 is 17.8 Å². The minimum Gasteiger partial charge on any atom is -0.448 e. The van der Waals surface area contributed by atoms with Gasteiger partial charge in [-0.2, -0.15) is 0 Å². The lowest BCUT2D eigenvalue weighted by Crippen LogP contribution is -2.43. The van der Waals surface area contributed by atoms with Crippen LogP contribution >= 0.6 is 0 Å². The minimum atomic E-state index is -0.526. The average molecular weight is 360 g/mol. The van der Waals surface area contributed by atoms with Gasteiger partial charge in [0.1, 0.15) is 6.61 Å². The number of benzene rings is 1. The highest BCUT2D eigenvalue weighted by molar-refractivity contribution is 6.04. The summed E-state index contributed by atoms with van der Waals surface area (Å²) in [6.07, 6.45) is 0.316. The second-order valence-electron chi connectivity index (χ2n) is 7.84. The number of likely N-dealkylation sites (tertiary alicyclic amines) is 1. The molecule has 0 aromatic heterocycles. The molecule has 2 amide bonds. The molecule has 142 valence electrons. The molecule has 1 unspecified atom stereocenters. The van der Waals surface area contributed by atoms with E-state index in [4.69, 9.17) is 4.74 Å². The number of nitrogens with one attached hydrogen (secondary N) is 1. The average Bonchev–Trinajstić information content (AvgIpc) is 2.88. The molecule has 1 aromatic carbocycles. The van der Waals surface area contributed by atoms with Crippen LogP contribution in [0.25, 0.3) is 0 Å². The van der Waals surface area contributed by atoms with E-state index in [-0.39, 0.29) is 30.4 Å². The lowest BCUT2D eigenvalue weighted by atomic mass is 9.96. The van der Waals surface area contributed by atoms with Crippen molar-refractivity contribution in [3.8, 4) is 0 Å². The van der Waals surface area contributed by atoms with Crippen LogP contribution in [0, 0.1) is 13.8 Å². The summed E-state index contributed by atoms with van der Waals surface area (Å²) in [6.45, 7) is 9.69. The zero-order valence-electron chi connectivity index (χ0n) is 16.2. The van der Waals surface area contributed by atoms with E-state index in [1.54, 1.807) is 0 Å². The summed E-state index contributed by atoms with van der Waals surface area (Å²) < 4.78 is 5.15. The molecule has 1 saturated heterocycles. The van der Waals surface area contributed by atoms with Crippen LogP contribution in [0.15, 0.2) is 18.2 Å². The third kappa shape index (κ3) is 5.07. The zero-order valence-corrected chi connectivity index (χ0v) is 16.2. The number of amides is 2. The fourth-order valence-corrected chi connectivity index (χ4v) is 3.05. The number of ether oxygens (including phenoxy) is 1. The Morgan fingerprint density at radius 2 is 1.96 bits per heavy atom. The Bertz CT molecular complexity index is 706. The first-order valence-electron chi connectivity index (χ1n) is 8.94. The molecule has 0 spiro atoms. The van der Waals surface area contributed by atoms with Crippen molar-refractivity contribution in [2.24, 2.45) is 0 Å². The van der Waals surface area contributed by atoms with Crippen molar-refractivity contribution in [3.63, 3.8) is 0 Å². The number of carbonyl (C=O) groups excluding carboxylic acids is 3. The van der Waals surface area contributed by atoms with E-state index < -0.39 is 12.1 Å². The van der Waals surface area contributed by atoms with Crippen molar-refractivity contribution in [3.05, 3.63) is 34.9 Å². The van der Waals surface area contributed by atoms with Crippen LogP contribution in [0.2, 0.25) is 0 Å². The molecular formula is C20H28N2O4. The standard InChI is InChI=1S/C20H28N2O4/c1-13-6-7-14(2)15(12-13)18(24)16-8-9-17(23)22(16)10-11-26-19(25)21-20(3,4)5/h6-7,12,16H,8-11H2,1-5H3,(H,21,25). The predicted octanol–water partition coefficient (Wildman–Crippen LogP) is 3.00. The largest absolute Gasteiger partial charge is 0.448 e. The van der Waals surface area contributed by atoms with Crippen LogP contribution in [0.4, 0.5) is 4.79 Å². The molecule has 6 nitrogen and oxygen atoms in total. The molecular weight excluding hydrogens is 332 g/mol. The Labute approximate surface area is 154 Å². The first kappa shape index (κ1) is 19.9. The SMILES string of the molecule is Cc1ccc(C)c(C(=O)C2CCC(=O)N2CCOC(=O)NC(C)(C)C)c1. The maximum atomic E-state index is 12.9. The highest BCUT2D eigenvalue weighted by Gasteiger charge is 2.36. The number of carbonyl (C=O) groups is 3. The molecule has 1 aliphatic heterocycles. The maximum absolute atomic E-state index is 12.9. The van der Waals surface area contributed by atoms with E-state index >= 15 is 0 Å². The molecule has 1 N–H and O–H groups in total. The quantitative estimate of drug-likeness (QED) is 0.819. The van der Waals surface area contributed by atoms with Gasteiger partial charge in [-0.05, 0) is 52.7 Å². The topological polar surface area (TPSA) is 75.7 Å². The lowest BCUT2D eigenvalue weighted by molar-refractivity contribution is -0.129. The normalized spacial score (nSPS) is 17.3. The van der Waals surface area contributed by atoms with E-state index in [2.05, 4.69) is 5.32 Å². The second-order valence-corrected chi connectivity index (χ2v) is 7.84. The van der Waals surface area contributed by atoms with Crippen molar-refractivity contribution in [2.75, 3.05) is 13.2 Å². The van der Waals surface area contributed by atoms with Crippen LogP contribution < -0.4 is 5.32 Å². The van der Waals surface area contributed by atoms with Gasteiger partial charge in [-0.15, -0.1) is 0 Å². The zero-order chi connectivity index (χ0) is 19.5. The minimum absolute atomic E-state index is 0.0452. The summed E-state index contributed by atoms with van der Waals surface area (Å²) in [5.41, 5.74) is 2.18. The molecule has 0 bridgehead atoms. The number of ketones is 1. The lowest BCUT2D eigenvalue weighted by Gasteiger charge is -2.25. The van der Waals surface area contributed by atoms with Gasteiger partial charge in [-0.25, -0.2) is 4.79 Å². The molecule has 1 heterocycles. The highest BCUT2D eigenvalue weighted by Crippen LogP contribution is 2.24. The summed E-state index contributed by atoms with van der Waals surface area (Å²) in [5.74, 6) is -0.121. The Hall–Kier alpha value is -2.37. The fraction of sp³-hybridized carbons (Fsp3) is 0.550. The monoisotopic (exact) mass is 360 g/mol. The number of hydrogen-bond donors (Lipinski definition) is 1. The first-order valence-corrected chi connectivity index (χ1v) is 8.94. The molecule has 6 heteroatoms. The molecule has 1 aromatic rings. The van der Waals surface area contributed by atoms with Gasteiger partial charge in [0.05, 0.1) is 12.6 Å². The molecule has 0 radical (unpaired) electrons. The first-order chi connectivity index (χ1) is 12.1. The van der Waals surface area contributed by atoms with Gasteiger partial charge in [0, 0.05) is 17.5 Å². The summed E-state index contributed by atoms with van der Waals surface area (Å²) in [7, 11) is 0. The molecule has 26 heavy (non-hydrogen) atoms. The van der Waals surface area contributed by atoms with Crippen LogP contribution in [0.3, 0.4) is 0 Å². The van der Waals surface area contributed by atoms with Gasteiger partial charge in [0.15, 0.2) is 5.78 Å². The Kier molecular flexibility index (Phi) is 6.05. The summed E-state index contributed by atoms with van der Waals surface area (Å²) in [5, 5.41) is 2.70.